The van der Waals surface area contributed by atoms with Crippen molar-refractivity contribution in [3.63, 3.8) is 0 Å². The lowest BCUT2D eigenvalue weighted by molar-refractivity contribution is 4.33. The van der Waals surface area contributed by atoms with Crippen LogP contribution in [0.25, 0.3) is 0 Å². The molecule has 0 amide bonds. The Morgan fingerprint density at radius 2 is 1.50 bits per heavy atom. The summed E-state index contributed by atoms with van der Waals surface area (Å²) in [5, 5.41) is 0. The predicted molar refractivity (Wildman–Crippen MR) is 31.5 cm³/mol. The van der Waals surface area contributed by atoms with E-state index in [1.165, 1.54) is 0 Å². The molecule has 0 nitrogen and oxygen atoms in total. The Labute approximate surface area is 48.6 Å². The third-order valence-corrected chi connectivity index (χ3v) is 0. The van der Waals surface area contributed by atoms with Crippen LogP contribution in [-0.4, -0.2) is 3.40 Å². The largest absolute Gasteiger partial charge is 0.417 e. The monoisotopic (exact) mass is 208 g/mol. The molecule has 24 valence electrons. The molecule has 0 bridgehead atoms. The Kier molecular flexibility index (Phi) is 3.50. The minimum Gasteiger partial charge on any atom is -0.156 e. The van der Waals surface area contributed by atoms with Gasteiger partial charge in [0.2, 0.25) is 0 Å². The molecule has 0 aliphatic heterocycles. The minimum atomic E-state index is -0.252. The van der Waals surface area contributed by atoms with Gasteiger partial charge in [0, 0.05) is 0 Å². The second-order valence-corrected chi connectivity index (χ2v) is 4.06. The van der Waals surface area contributed by atoms with E-state index >= 15 is 0 Å². The molecule has 0 rings (SSSR count). The molecule has 0 aromatic heterocycles. The molecule has 0 radical (unpaired) electrons. The fraction of sp³-hybridized carbons (Fsp3) is 0. The van der Waals surface area contributed by atoms with Crippen molar-refractivity contribution in [1.29, 1.82) is 0 Å². The Hall–Kier alpha value is 1.37. The molecule has 4 heteroatoms. The second kappa shape index (κ2) is 2.60. The minimum absolute atomic E-state index is 0.252. The summed E-state index contributed by atoms with van der Waals surface area (Å²) in [5.41, 5.74) is 0. The summed E-state index contributed by atoms with van der Waals surface area (Å²) in [4.78, 5) is 0. The molecule has 4 heavy (non-hydrogen) atoms. The molecule has 0 spiro atoms. The van der Waals surface area contributed by atoms with Crippen LogP contribution in [0.1, 0.15) is 0 Å². The first kappa shape index (κ1) is 5.37. The first-order valence-electron chi connectivity index (χ1n) is 0.655. The Bertz CT molecular complexity index is 10.8. The van der Waals surface area contributed by atoms with Crippen molar-refractivity contribution < 1.29 is 0 Å². The molecule has 0 heterocycles. The summed E-state index contributed by atoms with van der Waals surface area (Å²) in [6.45, 7) is 0. The zero-order valence-electron chi connectivity index (χ0n) is 1.71. The van der Waals surface area contributed by atoms with Crippen molar-refractivity contribution >= 4 is 48.7 Å². The maximum Gasteiger partial charge on any atom is 0.417 e. The molecule has 0 aliphatic carbocycles. The van der Waals surface area contributed by atoms with Crippen LogP contribution < -0.4 is 0 Å². The van der Waals surface area contributed by atoms with Gasteiger partial charge in [-0.1, -0.05) is 0 Å². The number of halogens is 3. The fourth-order valence-electron chi connectivity index (χ4n) is 0. The normalized spacial score (nSPS) is 6.75. The molecular formula is BCl2I. The van der Waals surface area contributed by atoms with Gasteiger partial charge in [0.05, 0.1) is 0 Å². The Morgan fingerprint density at radius 3 is 1.50 bits per heavy atom. The van der Waals surface area contributed by atoms with Crippen LogP contribution in [0.3, 0.4) is 0 Å². The van der Waals surface area contributed by atoms with E-state index in [2.05, 4.69) is 0 Å². The molecule has 0 fully saturated rings. The van der Waals surface area contributed by atoms with Gasteiger partial charge in [-0.05, 0) is 0 Å². The Balaban J connectivity index is 2.32. The summed E-state index contributed by atoms with van der Waals surface area (Å²) in [6.07, 6.45) is 0. The molecule has 0 saturated heterocycles. The van der Waals surface area contributed by atoms with Gasteiger partial charge in [-0.15, -0.1) is 22.4 Å². The molecule has 0 N–H and O–H groups in total. The second-order valence-electron chi connectivity index (χ2n) is 0.247. The highest BCUT2D eigenvalue weighted by molar-refractivity contribution is 14.1. The topological polar surface area (TPSA) is 0 Å². The smallest absolute Gasteiger partial charge is 0.156 e. The van der Waals surface area contributed by atoms with Crippen LogP contribution in [0, 0.1) is 0 Å². The van der Waals surface area contributed by atoms with Crippen molar-refractivity contribution in [1.82, 2.24) is 0 Å². The van der Waals surface area contributed by atoms with Crippen LogP contribution in [-0.2, 0) is 0 Å². The first-order valence-corrected chi connectivity index (χ1v) is 2.77. The van der Waals surface area contributed by atoms with Gasteiger partial charge in [0.15, 0.2) is 0 Å². The summed E-state index contributed by atoms with van der Waals surface area (Å²) in [5.74, 6) is 0. The number of hydrogen-bond acceptors (Lipinski definition) is 0. The maximum absolute atomic E-state index is 5.03. The average Bonchev–Trinajstić information content (AvgIpc) is 0.811. The van der Waals surface area contributed by atoms with Gasteiger partial charge in [-0.2, -0.15) is 22.9 Å². The van der Waals surface area contributed by atoms with Gasteiger partial charge in [0.25, 0.3) is 0 Å². The van der Waals surface area contributed by atoms with Gasteiger partial charge in [0.1, 0.15) is 0 Å². The highest BCUT2D eigenvalue weighted by Crippen LogP contribution is 2.02. The molecule has 0 unspecified atom stereocenters. The summed E-state index contributed by atoms with van der Waals surface area (Å²) < 4.78 is -0.252. The standard InChI is InChI=1S/BCl2I/c2-1(3)4. The third kappa shape index (κ3) is 10.1. The fourth-order valence-corrected chi connectivity index (χ4v) is 0. The average molecular weight is 209 g/mol. The van der Waals surface area contributed by atoms with Crippen LogP contribution in [0.4, 0.5) is 0 Å². The third-order valence-electron chi connectivity index (χ3n) is 0. The van der Waals surface area contributed by atoms with Gasteiger partial charge in [-0.3, -0.25) is 0 Å². The molecule has 0 aromatic rings. The maximum atomic E-state index is 5.03. The van der Waals surface area contributed by atoms with Crippen LogP contribution in [0.15, 0.2) is 0 Å². The van der Waals surface area contributed by atoms with E-state index in [0.717, 1.165) is 0 Å². The molecule has 0 aliphatic rings. The van der Waals surface area contributed by atoms with E-state index in [-0.39, 0.29) is 3.40 Å². The van der Waals surface area contributed by atoms with Gasteiger partial charge < -0.3 is 0 Å². The lowest BCUT2D eigenvalue weighted by atomic mass is 10.7. The van der Waals surface area contributed by atoms with E-state index < -0.39 is 0 Å². The van der Waals surface area contributed by atoms with E-state index in [0.29, 0.717) is 0 Å². The predicted octanol–water partition coefficient (Wildman–Crippen LogP) is 1.88. The molecular weight excluding hydrogens is 209 g/mol. The Morgan fingerprint density at radius 1 is 1.50 bits per heavy atom. The van der Waals surface area contributed by atoms with Gasteiger partial charge in [-0.25, -0.2) is 0 Å². The zero-order chi connectivity index (χ0) is 3.58. The van der Waals surface area contributed by atoms with Crippen molar-refractivity contribution in [2.75, 3.05) is 0 Å². The number of hydrogen-bond donors (Lipinski definition) is 0. The zero-order valence-corrected chi connectivity index (χ0v) is 5.38. The summed E-state index contributed by atoms with van der Waals surface area (Å²) in [6, 6.07) is 0. The van der Waals surface area contributed by atoms with Crippen LogP contribution in [0.5, 0.6) is 0 Å². The van der Waals surface area contributed by atoms with E-state index in [1.807, 2.05) is 22.4 Å². The molecule has 0 saturated carbocycles. The van der Waals surface area contributed by atoms with E-state index in [9.17, 15) is 0 Å². The SMILES string of the molecule is ClB(Cl)I. The summed E-state index contributed by atoms with van der Waals surface area (Å²) in [7, 11) is 0. The highest BCUT2D eigenvalue weighted by atomic mass is 127. The van der Waals surface area contributed by atoms with E-state index in [4.69, 9.17) is 22.9 Å². The van der Waals surface area contributed by atoms with Crippen molar-refractivity contribution in [2.24, 2.45) is 0 Å². The lowest BCUT2D eigenvalue weighted by Crippen LogP contribution is -1.64. The quantitative estimate of drug-likeness (QED) is 0.421. The van der Waals surface area contributed by atoms with Crippen LogP contribution in [0.2, 0.25) is 0 Å². The van der Waals surface area contributed by atoms with Crippen molar-refractivity contribution in [3.8, 4) is 0 Å². The molecule has 0 atom stereocenters. The summed E-state index contributed by atoms with van der Waals surface area (Å²) >= 11 is 11.9. The van der Waals surface area contributed by atoms with Gasteiger partial charge >= 0.3 is 3.40 Å². The lowest BCUT2D eigenvalue weighted by Gasteiger charge is -1.61. The van der Waals surface area contributed by atoms with Crippen molar-refractivity contribution in [3.05, 3.63) is 0 Å². The number of rotatable bonds is 0. The van der Waals surface area contributed by atoms with Crippen LogP contribution >= 0.6 is 45.3 Å². The van der Waals surface area contributed by atoms with Crippen molar-refractivity contribution in [2.45, 2.75) is 0 Å². The molecule has 0 aromatic carbocycles. The van der Waals surface area contributed by atoms with E-state index in [1.54, 1.807) is 0 Å². The highest BCUT2D eigenvalue weighted by Gasteiger charge is 1.89. The first-order chi connectivity index (χ1) is 1.73.